The summed E-state index contributed by atoms with van der Waals surface area (Å²) in [6.07, 6.45) is 0.323. The molecule has 2 aromatic rings. The second-order valence-corrected chi connectivity index (χ2v) is 4.80. The van der Waals surface area contributed by atoms with Gasteiger partial charge < -0.3 is 10.1 Å². The van der Waals surface area contributed by atoms with E-state index in [1.165, 1.54) is 16.3 Å². The van der Waals surface area contributed by atoms with Crippen LogP contribution in [0.25, 0.3) is 10.8 Å². The molecule has 0 bridgehead atoms. The van der Waals surface area contributed by atoms with Crippen molar-refractivity contribution in [1.29, 1.82) is 0 Å². The highest BCUT2D eigenvalue weighted by molar-refractivity contribution is 5.86. The molecule has 0 saturated carbocycles. The number of hydrogen-bond acceptors (Lipinski definition) is 2. The fraction of sp³-hybridized carbons (Fsp3) is 0.375. The Morgan fingerprint density at radius 2 is 1.78 bits per heavy atom. The van der Waals surface area contributed by atoms with Crippen molar-refractivity contribution in [2.75, 3.05) is 13.6 Å². The van der Waals surface area contributed by atoms with Gasteiger partial charge in [-0.05, 0) is 37.2 Å². The molecule has 0 saturated heterocycles. The Hall–Kier alpha value is -1.38. The first-order valence-electron chi connectivity index (χ1n) is 6.50. The van der Waals surface area contributed by atoms with Gasteiger partial charge in [-0.2, -0.15) is 0 Å². The topological polar surface area (TPSA) is 21.3 Å². The van der Waals surface area contributed by atoms with Crippen molar-refractivity contribution in [2.45, 2.75) is 26.1 Å². The van der Waals surface area contributed by atoms with Crippen molar-refractivity contribution in [3.05, 3.63) is 48.0 Å². The average molecular weight is 243 g/mol. The fourth-order valence-electron chi connectivity index (χ4n) is 2.28. The summed E-state index contributed by atoms with van der Waals surface area (Å²) in [7, 11) is 1.96. The fourth-order valence-corrected chi connectivity index (χ4v) is 2.28. The van der Waals surface area contributed by atoms with Gasteiger partial charge in [0.1, 0.15) is 0 Å². The molecular weight excluding hydrogens is 222 g/mol. The van der Waals surface area contributed by atoms with Crippen LogP contribution >= 0.6 is 0 Å². The number of rotatable bonds is 5. The third-order valence-corrected chi connectivity index (χ3v) is 3.00. The molecule has 1 N–H and O–H groups in total. The SMILES string of the molecule is CNCC(OC(C)C)c1cccc2ccccc12. The van der Waals surface area contributed by atoms with Crippen molar-refractivity contribution in [2.24, 2.45) is 0 Å². The molecule has 2 heteroatoms. The largest absolute Gasteiger partial charge is 0.370 e. The van der Waals surface area contributed by atoms with Crippen LogP contribution in [0, 0.1) is 0 Å². The molecule has 0 amide bonds. The zero-order valence-corrected chi connectivity index (χ0v) is 11.3. The van der Waals surface area contributed by atoms with Crippen LogP contribution in [-0.4, -0.2) is 19.7 Å². The molecule has 1 atom stereocenters. The molecule has 0 spiro atoms. The second kappa shape index (κ2) is 5.98. The number of benzene rings is 2. The van der Waals surface area contributed by atoms with Gasteiger partial charge in [-0.25, -0.2) is 0 Å². The molecule has 0 aromatic heterocycles. The van der Waals surface area contributed by atoms with E-state index < -0.39 is 0 Å². The van der Waals surface area contributed by atoms with Gasteiger partial charge in [-0.15, -0.1) is 0 Å². The first-order chi connectivity index (χ1) is 8.72. The lowest BCUT2D eigenvalue weighted by Gasteiger charge is -2.22. The number of fused-ring (bicyclic) bond motifs is 1. The third kappa shape index (κ3) is 2.89. The van der Waals surface area contributed by atoms with E-state index in [4.69, 9.17) is 4.74 Å². The number of ether oxygens (including phenoxy) is 1. The maximum absolute atomic E-state index is 6.02. The number of nitrogens with one attached hydrogen (secondary N) is 1. The molecule has 0 aliphatic carbocycles. The highest BCUT2D eigenvalue weighted by Crippen LogP contribution is 2.27. The molecule has 2 rings (SSSR count). The van der Waals surface area contributed by atoms with Crippen LogP contribution in [0.2, 0.25) is 0 Å². The van der Waals surface area contributed by atoms with E-state index in [1.54, 1.807) is 0 Å². The molecule has 96 valence electrons. The van der Waals surface area contributed by atoms with Crippen molar-refractivity contribution >= 4 is 10.8 Å². The Morgan fingerprint density at radius 3 is 2.50 bits per heavy atom. The quantitative estimate of drug-likeness (QED) is 0.867. The van der Waals surface area contributed by atoms with Gasteiger partial charge in [0.15, 0.2) is 0 Å². The van der Waals surface area contributed by atoms with Gasteiger partial charge in [0, 0.05) is 6.54 Å². The van der Waals surface area contributed by atoms with Crippen LogP contribution in [0.15, 0.2) is 42.5 Å². The predicted octanol–water partition coefficient (Wildman–Crippen LogP) is 3.53. The number of hydrogen-bond donors (Lipinski definition) is 1. The summed E-state index contributed by atoms with van der Waals surface area (Å²) in [6.45, 7) is 4.98. The first-order valence-corrected chi connectivity index (χ1v) is 6.50. The third-order valence-electron chi connectivity index (χ3n) is 3.00. The van der Waals surface area contributed by atoms with Gasteiger partial charge in [0.2, 0.25) is 0 Å². The minimum atomic E-state index is 0.0982. The molecule has 18 heavy (non-hydrogen) atoms. The van der Waals surface area contributed by atoms with Crippen molar-refractivity contribution in [3.63, 3.8) is 0 Å². The molecule has 0 aliphatic heterocycles. The maximum atomic E-state index is 6.02. The van der Waals surface area contributed by atoms with E-state index in [9.17, 15) is 0 Å². The zero-order valence-electron chi connectivity index (χ0n) is 11.3. The molecule has 0 radical (unpaired) electrons. The summed E-state index contributed by atoms with van der Waals surface area (Å²) in [5.41, 5.74) is 1.26. The van der Waals surface area contributed by atoms with Crippen LogP contribution in [0.3, 0.4) is 0 Å². The molecular formula is C16H21NO. The van der Waals surface area contributed by atoms with Gasteiger partial charge >= 0.3 is 0 Å². The van der Waals surface area contributed by atoms with E-state index >= 15 is 0 Å². The molecule has 0 aliphatic rings. The second-order valence-electron chi connectivity index (χ2n) is 4.80. The van der Waals surface area contributed by atoms with Gasteiger partial charge in [0.05, 0.1) is 12.2 Å². The van der Waals surface area contributed by atoms with Gasteiger partial charge in [0.25, 0.3) is 0 Å². The van der Waals surface area contributed by atoms with Crippen LogP contribution in [0.1, 0.15) is 25.5 Å². The van der Waals surface area contributed by atoms with E-state index in [0.717, 1.165) is 6.54 Å². The molecule has 2 nitrogen and oxygen atoms in total. The van der Waals surface area contributed by atoms with Crippen molar-refractivity contribution in [1.82, 2.24) is 5.32 Å². The molecule has 1 unspecified atom stereocenters. The summed E-state index contributed by atoms with van der Waals surface area (Å²) in [6, 6.07) is 14.9. The minimum absolute atomic E-state index is 0.0982. The summed E-state index contributed by atoms with van der Waals surface area (Å²) in [5.74, 6) is 0. The average Bonchev–Trinajstić information content (AvgIpc) is 2.37. The minimum Gasteiger partial charge on any atom is -0.370 e. The lowest BCUT2D eigenvalue weighted by Crippen LogP contribution is -2.22. The Balaban J connectivity index is 2.43. The van der Waals surface area contributed by atoms with Gasteiger partial charge in [-0.3, -0.25) is 0 Å². The van der Waals surface area contributed by atoms with Crippen molar-refractivity contribution in [3.8, 4) is 0 Å². The summed E-state index contributed by atoms with van der Waals surface area (Å²) in [4.78, 5) is 0. The highest BCUT2D eigenvalue weighted by Gasteiger charge is 2.15. The van der Waals surface area contributed by atoms with Crippen molar-refractivity contribution < 1.29 is 4.74 Å². The molecule has 0 fully saturated rings. The Kier molecular flexibility index (Phi) is 4.34. The lowest BCUT2D eigenvalue weighted by atomic mass is 10.00. The van der Waals surface area contributed by atoms with E-state index in [1.807, 2.05) is 7.05 Å². The Morgan fingerprint density at radius 1 is 1.06 bits per heavy atom. The van der Waals surface area contributed by atoms with E-state index in [0.29, 0.717) is 0 Å². The highest BCUT2D eigenvalue weighted by atomic mass is 16.5. The summed E-state index contributed by atoms with van der Waals surface area (Å²) >= 11 is 0. The smallest absolute Gasteiger partial charge is 0.0958 e. The van der Waals surface area contributed by atoms with Crippen LogP contribution in [0.5, 0.6) is 0 Å². The molecule has 0 heterocycles. The predicted molar refractivity (Wildman–Crippen MR) is 76.8 cm³/mol. The van der Waals surface area contributed by atoms with Crippen LogP contribution in [0.4, 0.5) is 0 Å². The number of likely N-dealkylation sites (N-methyl/N-ethyl adjacent to an activating group) is 1. The van der Waals surface area contributed by atoms with Gasteiger partial charge in [-0.1, -0.05) is 42.5 Å². The summed E-state index contributed by atoms with van der Waals surface area (Å²) < 4.78 is 6.02. The van der Waals surface area contributed by atoms with Crippen LogP contribution in [-0.2, 0) is 4.74 Å². The zero-order chi connectivity index (χ0) is 13.0. The molecule has 2 aromatic carbocycles. The normalized spacial score (nSPS) is 13.1. The summed E-state index contributed by atoms with van der Waals surface area (Å²) in [5, 5.41) is 5.76. The monoisotopic (exact) mass is 243 g/mol. The van der Waals surface area contributed by atoms with Crippen LogP contribution < -0.4 is 5.32 Å². The first kappa shape index (κ1) is 13.1. The maximum Gasteiger partial charge on any atom is 0.0958 e. The van der Waals surface area contributed by atoms with E-state index in [2.05, 4.69) is 61.6 Å². The standard InChI is InChI=1S/C16H21NO/c1-12(2)18-16(11-17-3)15-10-6-8-13-7-4-5-9-14(13)15/h4-10,12,16-17H,11H2,1-3H3. The Bertz CT molecular complexity index is 502. The Labute approximate surface area is 109 Å². The lowest BCUT2D eigenvalue weighted by molar-refractivity contribution is 0.00896. The van der Waals surface area contributed by atoms with E-state index in [-0.39, 0.29) is 12.2 Å².